The van der Waals surface area contributed by atoms with E-state index in [1.54, 1.807) is 18.0 Å². The Hall–Kier alpha value is -2.99. The van der Waals surface area contributed by atoms with Crippen molar-refractivity contribution in [3.8, 4) is 17.1 Å². The van der Waals surface area contributed by atoms with E-state index < -0.39 is 0 Å². The molecular weight excluding hydrogens is 332 g/mol. The number of aromatic amines is 1. The van der Waals surface area contributed by atoms with Gasteiger partial charge in [0.05, 0.1) is 7.11 Å². The van der Waals surface area contributed by atoms with Crippen molar-refractivity contribution in [3.63, 3.8) is 0 Å². The van der Waals surface area contributed by atoms with Crippen LogP contribution in [0, 0.1) is 11.7 Å². The highest BCUT2D eigenvalue weighted by Crippen LogP contribution is 2.19. The molecule has 0 amide bonds. The molecule has 0 spiro atoms. The Kier molecular flexibility index (Phi) is 5.20. The van der Waals surface area contributed by atoms with Gasteiger partial charge in [0.2, 0.25) is 4.77 Å². The van der Waals surface area contributed by atoms with Crippen molar-refractivity contribution in [2.75, 3.05) is 7.11 Å². The summed E-state index contributed by atoms with van der Waals surface area (Å²) < 4.78 is 7.37. The molecule has 0 aliphatic rings. The summed E-state index contributed by atoms with van der Waals surface area (Å²) in [6.45, 7) is 2.04. The molecule has 1 N–H and O–H groups in total. The van der Waals surface area contributed by atoms with Crippen LogP contribution in [0.15, 0.2) is 59.7 Å². The quantitative estimate of drug-likeness (QED) is 0.545. The molecular formula is C19H18N4OS. The summed E-state index contributed by atoms with van der Waals surface area (Å²) in [6.07, 6.45) is 5.45. The van der Waals surface area contributed by atoms with Crippen LogP contribution in [0.3, 0.4) is 0 Å². The van der Waals surface area contributed by atoms with Crippen LogP contribution in [0.4, 0.5) is 0 Å². The van der Waals surface area contributed by atoms with Crippen LogP contribution in [0.5, 0.6) is 5.75 Å². The maximum absolute atomic E-state index is 5.32. The average Bonchev–Trinajstić information content (AvgIpc) is 3.00. The van der Waals surface area contributed by atoms with Crippen LogP contribution in [-0.4, -0.2) is 28.2 Å². The first-order valence-electron chi connectivity index (χ1n) is 7.77. The van der Waals surface area contributed by atoms with Crippen molar-refractivity contribution in [2.45, 2.75) is 6.92 Å². The predicted octanol–water partition coefficient (Wildman–Crippen LogP) is 4.47. The Morgan fingerprint density at radius 2 is 2.04 bits per heavy atom. The van der Waals surface area contributed by atoms with Crippen LogP contribution in [0.25, 0.3) is 17.5 Å². The van der Waals surface area contributed by atoms with Gasteiger partial charge in [0.1, 0.15) is 5.75 Å². The van der Waals surface area contributed by atoms with E-state index in [2.05, 4.69) is 15.3 Å². The zero-order valence-electron chi connectivity index (χ0n) is 14.0. The van der Waals surface area contributed by atoms with E-state index in [9.17, 15) is 0 Å². The minimum atomic E-state index is 0.443. The number of ether oxygens (including phenoxy) is 1. The van der Waals surface area contributed by atoms with E-state index >= 15 is 0 Å². The van der Waals surface area contributed by atoms with Gasteiger partial charge in [-0.05, 0) is 43.4 Å². The van der Waals surface area contributed by atoms with E-state index in [4.69, 9.17) is 17.0 Å². The highest BCUT2D eigenvalue weighted by atomic mass is 32.1. The fourth-order valence-corrected chi connectivity index (χ4v) is 2.61. The Labute approximate surface area is 151 Å². The Balaban J connectivity index is 1.86. The fourth-order valence-electron chi connectivity index (χ4n) is 2.43. The lowest BCUT2D eigenvalue weighted by Gasteiger charge is -2.02. The number of aromatic nitrogens is 3. The SMILES string of the molecule is COc1ccccc1/C=C/C=N\n1c(-c2cccc(C)c2)n[nH]c1=S. The Bertz CT molecular complexity index is 985. The number of allylic oxidation sites excluding steroid dienone is 1. The van der Waals surface area contributed by atoms with E-state index in [0.29, 0.717) is 10.6 Å². The number of H-pyrrole nitrogens is 1. The summed E-state index contributed by atoms with van der Waals surface area (Å²) in [5, 5.41) is 11.5. The zero-order valence-corrected chi connectivity index (χ0v) is 14.8. The number of aryl methyl sites for hydroxylation is 1. The summed E-state index contributed by atoms with van der Waals surface area (Å²) in [6, 6.07) is 15.8. The molecule has 0 atom stereocenters. The molecule has 3 rings (SSSR count). The molecule has 25 heavy (non-hydrogen) atoms. The lowest BCUT2D eigenvalue weighted by Crippen LogP contribution is -1.94. The van der Waals surface area contributed by atoms with Gasteiger partial charge in [-0.2, -0.15) is 14.9 Å². The summed E-state index contributed by atoms with van der Waals surface area (Å²) in [5.41, 5.74) is 3.09. The van der Waals surface area contributed by atoms with Gasteiger partial charge in [-0.15, -0.1) is 0 Å². The smallest absolute Gasteiger partial charge is 0.216 e. The average molecular weight is 350 g/mol. The van der Waals surface area contributed by atoms with Crippen LogP contribution in [0.2, 0.25) is 0 Å². The van der Waals surface area contributed by atoms with Crippen LogP contribution < -0.4 is 4.74 Å². The topological polar surface area (TPSA) is 55.2 Å². The van der Waals surface area contributed by atoms with Crippen molar-refractivity contribution in [3.05, 3.63) is 70.5 Å². The standard InChI is InChI=1S/C19H18N4OS/c1-14-7-5-9-16(13-14)18-21-22-19(25)23(18)20-12-6-10-15-8-3-4-11-17(15)24-2/h3-13H,1-2H3,(H,22,25)/b10-6+,20-12-. The summed E-state index contributed by atoms with van der Waals surface area (Å²) in [7, 11) is 1.65. The maximum atomic E-state index is 5.32. The summed E-state index contributed by atoms with van der Waals surface area (Å²) in [4.78, 5) is 0. The molecule has 0 unspecified atom stereocenters. The lowest BCUT2D eigenvalue weighted by atomic mass is 10.1. The number of rotatable bonds is 5. The number of benzene rings is 2. The Morgan fingerprint density at radius 1 is 1.20 bits per heavy atom. The van der Waals surface area contributed by atoms with Gasteiger partial charge in [0.15, 0.2) is 5.82 Å². The third-order valence-corrected chi connectivity index (χ3v) is 3.87. The van der Waals surface area contributed by atoms with Crippen molar-refractivity contribution >= 4 is 24.5 Å². The first kappa shape index (κ1) is 16.9. The highest BCUT2D eigenvalue weighted by molar-refractivity contribution is 7.71. The second-order valence-electron chi connectivity index (χ2n) is 5.40. The lowest BCUT2D eigenvalue weighted by molar-refractivity contribution is 0.414. The molecule has 0 bridgehead atoms. The second kappa shape index (κ2) is 7.72. The third-order valence-electron chi connectivity index (χ3n) is 3.61. The number of hydrogen-bond acceptors (Lipinski definition) is 4. The minimum absolute atomic E-state index is 0.443. The van der Waals surface area contributed by atoms with Crippen molar-refractivity contribution < 1.29 is 4.74 Å². The molecule has 0 radical (unpaired) electrons. The summed E-state index contributed by atoms with van der Waals surface area (Å²) >= 11 is 5.28. The summed E-state index contributed by atoms with van der Waals surface area (Å²) in [5.74, 6) is 1.49. The number of hydrogen-bond donors (Lipinski definition) is 1. The number of para-hydroxylation sites is 1. The zero-order chi connectivity index (χ0) is 17.6. The molecule has 3 aromatic rings. The molecule has 126 valence electrons. The van der Waals surface area contributed by atoms with E-state index in [1.165, 1.54) is 0 Å². The molecule has 1 aromatic heterocycles. The van der Waals surface area contributed by atoms with Gasteiger partial charge >= 0.3 is 0 Å². The van der Waals surface area contributed by atoms with Crippen molar-refractivity contribution in [2.24, 2.45) is 5.10 Å². The Morgan fingerprint density at radius 3 is 2.84 bits per heavy atom. The molecule has 0 aliphatic heterocycles. The van der Waals surface area contributed by atoms with Gasteiger partial charge in [-0.1, -0.05) is 42.0 Å². The van der Waals surface area contributed by atoms with Gasteiger partial charge in [0, 0.05) is 17.3 Å². The monoisotopic (exact) mass is 350 g/mol. The first-order valence-corrected chi connectivity index (χ1v) is 8.18. The van der Waals surface area contributed by atoms with Gasteiger partial charge < -0.3 is 4.74 Å². The van der Waals surface area contributed by atoms with Crippen molar-refractivity contribution in [1.29, 1.82) is 0 Å². The molecule has 0 fully saturated rings. The van der Waals surface area contributed by atoms with Crippen molar-refractivity contribution in [1.82, 2.24) is 14.9 Å². The van der Waals surface area contributed by atoms with Gasteiger partial charge in [-0.25, -0.2) is 5.10 Å². The van der Waals surface area contributed by atoms with Crippen LogP contribution in [-0.2, 0) is 0 Å². The predicted molar refractivity (Wildman–Crippen MR) is 104 cm³/mol. The highest BCUT2D eigenvalue weighted by Gasteiger charge is 2.07. The third kappa shape index (κ3) is 3.92. The van der Waals surface area contributed by atoms with E-state index in [-0.39, 0.29) is 0 Å². The molecule has 5 nitrogen and oxygen atoms in total. The minimum Gasteiger partial charge on any atom is -0.496 e. The van der Waals surface area contributed by atoms with Crippen LogP contribution in [0.1, 0.15) is 11.1 Å². The molecule has 1 heterocycles. The van der Waals surface area contributed by atoms with Gasteiger partial charge in [-0.3, -0.25) is 0 Å². The van der Waals surface area contributed by atoms with E-state index in [1.807, 2.05) is 67.6 Å². The maximum Gasteiger partial charge on any atom is 0.216 e. The molecule has 2 aromatic carbocycles. The second-order valence-corrected chi connectivity index (χ2v) is 5.79. The normalized spacial score (nSPS) is 11.4. The van der Waals surface area contributed by atoms with Gasteiger partial charge in [0.25, 0.3) is 0 Å². The molecule has 6 heteroatoms. The number of nitrogens with one attached hydrogen (secondary N) is 1. The van der Waals surface area contributed by atoms with Crippen LogP contribution >= 0.6 is 12.2 Å². The first-order chi connectivity index (χ1) is 12.2. The molecule has 0 saturated carbocycles. The number of methoxy groups -OCH3 is 1. The van der Waals surface area contributed by atoms with E-state index in [0.717, 1.165) is 22.4 Å². The molecule has 0 aliphatic carbocycles. The molecule has 0 saturated heterocycles. The number of nitrogens with zero attached hydrogens (tertiary/aromatic N) is 3. The largest absolute Gasteiger partial charge is 0.496 e. The fraction of sp³-hybridized carbons (Fsp3) is 0.105.